The molecule has 0 radical (unpaired) electrons. The van der Waals surface area contributed by atoms with Gasteiger partial charge in [-0.2, -0.15) is 0 Å². The molecule has 33 heavy (non-hydrogen) atoms. The van der Waals surface area contributed by atoms with Crippen LogP contribution < -0.4 is 9.47 Å². The second kappa shape index (κ2) is 12.6. The van der Waals surface area contributed by atoms with Crippen molar-refractivity contribution in [3.05, 3.63) is 47.5 Å². The van der Waals surface area contributed by atoms with Crippen molar-refractivity contribution >= 4 is 45.1 Å². The van der Waals surface area contributed by atoms with Crippen LogP contribution in [0.15, 0.2) is 42.5 Å². The third kappa shape index (κ3) is 6.70. The minimum atomic E-state index is -0.266. The Kier molecular flexibility index (Phi) is 9.56. The number of carbonyl (C=O) groups is 2. The van der Waals surface area contributed by atoms with Crippen molar-refractivity contribution in [1.82, 2.24) is 0 Å². The molecule has 0 amide bonds. The van der Waals surface area contributed by atoms with Gasteiger partial charge in [0, 0.05) is 39.4 Å². The van der Waals surface area contributed by atoms with Crippen LogP contribution in [0, 0.1) is 0 Å². The summed E-state index contributed by atoms with van der Waals surface area (Å²) in [5.41, 5.74) is 0. The maximum atomic E-state index is 12.6. The predicted octanol–water partition coefficient (Wildman–Crippen LogP) is 8.40. The van der Waals surface area contributed by atoms with Gasteiger partial charge in [0.05, 0.1) is 0 Å². The maximum absolute atomic E-state index is 12.6. The zero-order chi connectivity index (χ0) is 23.6. The molecule has 5 heteroatoms. The standard InChI is InChI=1S/C28H33ClO4/c1-3-5-7-9-15-25(30)32-27-21-13-11-12-14-22(21)28(24-19-20(29)17-18-23(24)27)33-26(31)16-10-8-6-4-2/h11-14,17-19H,3-10,15-16H2,1-2H3. The van der Waals surface area contributed by atoms with Crippen molar-refractivity contribution in [3.63, 3.8) is 0 Å². The lowest BCUT2D eigenvalue weighted by molar-refractivity contribution is -0.135. The van der Waals surface area contributed by atoms with E-state index in [9.17, 15) is 9.59 Å². The van der Waals surface area contributed by atoms with Gasteiger partial charge in [-0.1, -0.05) is 88.2 Å². The van der Waals surface area contributed by atoms with Crippen LogP contribution >= 0.6 is 11.6 Å². The lowest BCUT2D eigenvalue weighted by Gasteiger charge is -2.16. The molecule has 3 rings (SSSR count). The molecule has 0 saturated carbocycles. The van der Waals surface area contributed by atoms with Crippen molar-refractivity contribution in [2.75, 3.05) is 0 Å². The van der Waals surface area contributed by atoms with E-state index in [4.69, 9.17) is 21.1 Å². The van der Waals surface area contributed by atoms with E-state index in [1.165, 1.54) is 0 Å². The van der Waals surface area contributed by atoms with E-state index in [0.717, 1.165) is 62.1 Å². The molecule has 0 aromatic heterocycles. The highest BCUT2D eigenvalue weighted by Gasteiger charge is 2.20. The zero-order valence-corrected chi connectivity index (χ0v) is 20.4. The number of unbranched alkanes of at least 4 members (excludes halogenated alkanes) is 6. The van der Waals surface area contributed by atoms with E-state index in [1.54, 1.807) is 12.1 Å². The van der Waals surface area contributed by atoms with Crippen LogP contribution in [0.1, 0.15) is 78.1 Å². The Bertz CT molecular complexity index is 1110. The highest BCUT2D eigenvalue weighted by atomic mass is 35.5. The Hall–Kier alpha value is -2.59. The van der Waals surface area contributed by atoms with Gasteiger partial charge >= 0.3 is 11.9 Å². The highest BCUT2D eigenvalue weighted by molar-refractivity contribution is 6.31. The summed E-state index contributed by atoms with van der Waals surface area (Å²) in [7, 11) is 0. The molecule has 0 N–H and O–H groups in total. The maximum Gasteiger partial charge on any atom is 0.311 e. The van der Waals surface area contributed by atoms with E-state index < -0.39 is 0 Å². The quantitative estimate of drug-likeness (QED) is 0.116. The van der Waals surface area contributed by atoms with E-state index in [-0.39, 0.29) is 11.9 Å². The summed E-state index contributed by atoms with van der Waals surface area (Å²) in [6, 6.07) is 12.9. The van der Waals surface area contributed by atoms with Crippen LogP contribution in [0.25, 0.3) is 21.5 Å². The minimum absolute atomic E-state index is 0.256. The first-order valence-electron chi connectivity index (χ1n) is 12.1. The van der Waals surface area contributed by atoms with Gasteiger partial charge in [0.1, 0.15) is 11.5 Å². The molecule has 3 aromatic carbocycles. The van der Waals surface area contributed by atoms with Crippen molar-refractivity contribution in [2.24, 2.45) is 0 Å². The fourth-order valence-electron chi connectivity index (χ4n) is 4.01. The van der Waals surface area contributed by atoms with Crippen LogP contribution in [-0.4, -0.2) is 11.9 Å². The summed E-state index contributed by atoms with van der Waals surface area (Å²) in [6.45, 7) is 4.28. The number of fused-ring (bicyclic) bond motifs is 2. The Morgan fingerprint density at radius 3 is 1.67 bits per heavy atom. The van der Waals surface area contributed by atoms with Crippen LogP contribution in [-0.2, 0) is 9.59 Å². The number of halogens is 1. The molecule has 0 aliphatic heterocycles. The van der Waals surface area contributed by atoms with Gasteiger partial charge in [-0.25, -0.2) is 0 Å². The number of carbonyl (C=O) groups excluding carboxylic acids is 2. The smallest absolute Gasteiger partial charge is 0.311 e. The Balaban J connectivity index is 1.97. The summed E-state index contributed by atoms with van der Waals surface area (Å²) in [6.07, 6.45) is 8.80. The molecule has 0 aliphatic rings. The number of ether oxygens (including phenoxy) is 2. The summed E-state index contributed by atoms with van der Waals surface area (Å²) in [4.78, 5) is 25.3. The third-order valence-electron chi connectivity index (χ3n) is 5.79. The lowest BCUT2D eigenvalue weighted by atomic mass is 10.0. The molecule has 0 saturated heterocycles. The second-order valence-electron chi connectivity index (χ2n) is 8.46. The number of rotatable bonds is 12. The predicted molar refractivity (Wildman–Crippen MR) is 135 cm³/mol. The van der Waals surface area contributed by atoms with Crippen LogP contribution in [0.3, 0.4) is 0 Å². The Labute approximate surface area is 201 Å². The first-order valence-corrected chi connectivity index (χ1v) is 12.5. The van der Waals surface area contributed by atoms with E-state index >= 15 is 0 Å². The number of hydrogen-bond acceptors (Lipinski definition) is 4. The van der Waals surface area contributed by atoms with Gasteiger partial charge in [-0.3, -0.25) is 9.59 Å². The van der Waals surface area contributed by atoms with Crippen LogP contribution in [0.2, 0.25) is 5.02 Å². The normalized spacial score (nSPS) is 11.1. The van der Waals surface area contributed by atoms with Crippen molar-refractivity contribution in [3.8, 4) is 11.5 Å². The minimum Gasteiger partial charge on any atom is -0.425 e. The molecule has 0 spiro atoms. The average Bonchev–Trinajstić information content (AvgIpc) is 2.81. The summed E-state index contributed by atoms with van der Waals surface area (Å²) in [5.74, 6) is 0.429. The zero-order valence-electron chi connectivity index (χ0n) is 19.6. The van der Waals surface area contributed by atoms with Gasteiger partial charge in [0.2, 0.25) is 0 Å². The number of benzene rings is 3. The lowest BCUT2D eigenvalue weighted by Crippen LogP contribution is -2.10. The molecule has 0 bridgehead atoms. The molecule has 0 unspecified atom stereocenters. The van der Waals surface area contributed by atoms with Crippen molar-refractivity contribution in [2.45, 2.75) is 78.1 Å². The molecular formula is C28H33ClO4. The van der Waals surface area contributed by atoms with Crippen LogP contribution in [0.5, 0.6) is 11.5 Å². The van der Waals surface area contributed by atoms with Crippen molar-refractivity contribution < 1.29 is 19.1 Å². The summed E-state index contributed by atoms with van der Waals surface area (Å²) in [5, 5.41) is 3.35. The molecule has 0 heterocycles. The number of esters is 2. The molecule has 0 fully saturated rings. The third-order valence-corrected chi connectivity index (χ3v) is 6.02. The molecule has 3 aromatic rings. The molecule has 0 atom stereocenters. The SMILES string of the molecule is CCCCCCC(=O)Oc1c2ccccc2c(OC(=O)CCCCCC)c2cc(Cl)ccc12. The number of hydrogen-bond donors (Lipinski definition) is 0. The van der Waals surface area contributed by atoms with E-state index in [2.05, 4.69) is 13.8 Å². The molecule has 0 aliphatic carbocycles. The molecular weight excluding hydrogens is 436 g/mol. The first-order chi connectivity index (χ1) is 16.0. The van der Waals surface area contributed by atoms with Gasteiger partial charge in [0.15, 0.2) is 0 Å². The van der Waals surface area contributed by atoms with Gasteiger partial charge in [0.25, 0.3) is 0 Å². The monoisotopic (exact) mass is 468 g/mol. The Morgan fingerprint density at radius 2 is 1.15 bits per heavy atom. The summed E-state index contributed by atoms with van der Waals surface area (Å²) < 4.78 is 11.8. The first kappa shape index (κ1) is 25.0. The highest BCUT2D eigenvalue weighted by Crippen LogP contribution is 2.44. The van der Waals surface area contributed by atoms with E-state index in [0.29, 0.717) is 40.1 Å². The average molecular weight is 469 g/mol. The van der Waals surface area contributed by atoms with Gasteiger partial charge < -0.3 is 9.47 Å². The topological polar surface area (TPSA) is 52.6 Å². The fraction of sp³-hybridized carbons (Fsp3) is 0.429. The molecule has 4 nitrogen and oxygen atoms in total. The fourth-order valence-corrected chi connectivity index (χ4v) is 4.19. The Morgan fingerprint density at radius 1 is 0.667 bits per heavy atom. The van der Waals surface area contributed by atoms with Crippen molar-refractivity contribution in [1.29, 1.82) is 0 Å². The largest absolute Gasteiger partial charge is 0.425 e. The van der Waals surface area contributed by atoms with E-state index in [1.807, 2.05) is 30.3 Å². The second-order valence-corrected chi connectivity index (χ2v) is 8.90. The molecule has 176 valence electrons. The van der Waals surface area contributed by atoms with Gasteiger partial charge in [-0.15, -0.1) is 0 Å². The van der Waals surface area contributed by atoms with Gasteiger partial charge in [-0.05, 0) is 31.0 Å². The summed E-state index contributed by atoms with van der Waals surface area (Å²) >= 11 is 6.30. The van der Waals surface area contributed by atoms with Crippen LogP contribution in [0.4, 0.5) is 0 Å².